The Hall–Kier alpha value is -4.07. The van der Waals surface area contributed by atoms with Crippen molar-refractivity contribution in [2.75, 3.05) is 0 Å². The molecule has 2 amide bonds. The molecule has 0 bridgehead atoms. The van der Waals surface area contributed by atoms with Crippen LogP contribution in [0.1, 0.15) is 59.7 Å². The maximum absolute atomic E-state index is 13.1. The molecule has 168 valence electrons. The number of rotatable bonds is 4. The van der Waals surface area contributed by atoms with Crippen molar-refractivity contribution in [1.29, 1.82) is 0 Å². The predicted octanol–water partition coefficient (Wildman–Crippen LogP) is 3.41. The lowest BCUT2D eigenvalue weighted by Crippen LogP contribution is -2.50. The summed E-state index contributed by atoms with van der Waals surface area (Å²) < 4.78 is 13.1. The van der Waals surface area contributed by atoms with Crippen LogP contribution in [0.25, 0.3) is 6.08 Å². The number of aromatic nitrogens is 2. The molecule has 7 nitrogen and oxygen atoms in total. The van der Waals surface area contributed by atoms with Gasteiger partial charge in [-0.15, -0.1) is 0 Å². The molecule has 1 aliphatic rings. The summed E-state index contributed by atoms with van der Waals surface area (Å²) in [6, 6.07) is 11.0. The van der Waals surface area contributed by atoms with Crippen LogP contribution in [0.3, 0.4) is 0 Å². The highest BCUT2D eigenvalue weighted by Crippen LogP contribution is 2.28. The topological polar surface area (TPSA) is 104 Å². The van der Waals surface area contributed by atoms with Gasteiger partial charge in [0, 0.05) is 16.5 Å². The second kappa shape index (κ2) is 8.46. The summed E-state index contributed by atoms with van der Waals surface area (Å²) in [5, 5.41) is 5.38. The van der Waals surface area contributed by atoms with Gasteiger partial charge >= 0.3 is 0 Å². The molecule has 0 radical (unpaired) electrons. The van der Waals surface area contributed by atoms with Crippen molar-refractivity contribution in [1.82, 2.24) is 20.6 Å². The number of aromatic amines is 1. The van der Waals surface area contributed by atoms with Crippen LogP contribution in [0.2, 0.25) is 0 Å². The lowest BCUT2D eigenvalue weighted by atomic mass is 9.88. The highest BCUT2D eigenvalue weighted by Gasteiger charge is 2.36. The standard InChI is InChI=1S/C25H23FN4O3/c1-25(2,3)22-19(27-13-28-22)20-24(33)29-18(23(32)30-20)12-14-5-4-6-16(11-14)21(31)15-7-9-17(26)10-8-15/h4-13,20H,1-3H3,(H,27,28)(H,29,33)(H,30,32)/b18-12+. The fourth-order valence-electron chi connectivity index (χ4n) is 3.67. The number of hydrogen-bond donors (Lipinski definition) is 3. The van der Waals surface area contributed by atoms with Crippen LogP contribution >= 0.6 is 0 Å². The molecule has 33 heavy (non-hydrogen) atoms. The van der Waals surface area contributed by atoms with Gasteiger partial charge in [-0.2, -0.15) is 0 Å². The van der Waals surface area contributed by atoms with Crippen molar-refractivity contribution in [3.8, 4) is 0 Å². The minimum atomic E-state index is -0.891. The van der Waals surface area contributed by atoms with Crippen LogP contribution in [-0.4, -0.2) is 27.6 Å². The van der Waals surface area contributed by atoms with E-state index in [9.17, 15) is 18.8 Å². The largest absolute Gasteiger partial charge is 0.346 e. The average molecular weight is 446 g/mol. The van der Waals surface area contributed by atoms with Crippen LogP contribution in [0, 0.1) is 5.82 Å². The first kappa shape index (κ1) is 22.1. The second-order valence-corrected chi connectivity index (χ2v) is 8.83. The zero-order chi connectivity index (χ0) is 23.8. The second-order valence-electron chi connectivity index (χ2n) is 8.83. The molecule has 0 aliphatic carbocycles. The van der Waals surface area contributed by atoms with E-state index in [1.165, 1.54) is 36.7 Å². The molecule has 1 saturated heterocycles. The molecule has 1 atom stereocenters. The zero-order valence-electron chi connectivity index (χ0n) is 18.4. The molecular weight excluding hydrogens is 423 g/mol. The van der Waals surface area contributed by atoms with Gasteiger partial charge in [-0.1, -0.05) is 39.0 Å². The number of carbonyl (C=O) groups excluding carboxylic acids is 3. The number of amides is 2. The van der Waals surface area contributed by atoms with Crippen molar-refractivity contribution >= 4 is 23.7 Å². The first-order valence-corrected chi connectivity index (χ1v) is 10.4. The monoisotopic (exact) mass is 446 g/mol. The van der Waals surface area contributed by atoms with E-state index in [-0.39, 0.29) is 16.9 Å². The summed E-state index contributed by atoms with van der Waals surface area (Å²) >= 11 is 0. The first-order chi connectivity index (χ1) is 15.6. The molecule has 3 aromatic rings. The van der Waals surface area contributed by atoms with E-state index in [1.807, 2.05) is 20.8 Å². The maximum atomic E-state index is 13.1. The SMILES string of the molecule is CC(C)(C)c1nc[nH]c1C1NC(=O)/C(=C\c2cccc(C(=O)c3ccc(F)cc3)c2)NC1=O. The van der Waals surface area contributed by atoms with E-state index in [4.69, 9.17) is 0 Å². The fraction of sp³-hybridized carbons (Fsp3) is 0.200. The number of imidazole rings is 1. The first-order valence-electron chi connectivity index (χ1n) is 10.4. The highest BCUT2D eigenvalue weighted by molar-refractivity contribution is 6.10. The Morgan fingerprint density at radius 2 is 1.79 bits per heavy atom. The molecule has 2 heterocycles. The summed E-state index contributed by atoms with van der Waals surface area (Å²) in [4.78, 5) is 45.5. The highest BCUT2D eigenvalue weighted by atomic mass is 19.1. The molecule has 1 unspecified atom stereocenters. The van der Waals surface area contributed by atoms with Gasteiger partial charge in [0.25, 0.3) is 11.8 Å². The fourth-order valence-corrected chi connectivity index (χ4v) is 3.67. The Morgan fingerprint density at radius 3 is 2.48 bits per heavy atom. The van der Waals surface area contributed by atoms with Gasteiger partial charge < -0.3 is 15.6 Å². The third-order valence-electron chi connectivity index (χ3n) is 5.27. The number of halogens is 1. The molecular formula is C25H23FN4O3. The van der Waals surface area contributed by atoms with Crippen LogP contribution in [0.15, 0.2) is 60.6 Å². The van der Waals surface area contributed by atoms with E-state index in [2.05, 4.69) is 20.6 Å². The summed E-state index contributed by atoms with van der Waals surface area (Å²) in [5.41, 5.74) is 2.28. The van der Waals surface area contributed by atoms with Gasteiger partial charge in [0.2, 0.25) is 0 Å². The summed E-state index contributed by atoms with van der Waals surface area (Å²) in [5.74, 6) is -1.55. The zero-order valence-corrected chi connectivity index (χ0v) is 18.4. The summed E-state index contributed by atoms with van der Waals surface area (Å²) in [6.45, 7) is 5.92. The van der Waals surface area contributed by atoms with Crippen molar-refractivity contribution in [2.24, 2.45) is 0 Å². The van der Waals surface area contributed by atoms with E-state index in [1.54, 1.807) is 24.3 Å². The number of piperazine rings is 1. The average Bonchev–Trinajstić information content (AvgIpc) is 3.27. The molecule has 3 N–H and O–H groups in total. The number of ketones is 1. The summed E-state index contributed by atoms with van der Waals surface area (Å²) in [6.07, 6.45) is 3.01. The minimum Gasteiger partial charge on any atom is -0.346 e. The number of carbonyl (C=O) groups is 3. The van der Waals surface area contributed by atoms with Gasteiger partial charge in [0.15, 0.2) is 11.8 Å². The normalized spacial score (nSPS) is 17.6. The smallest absolute Gasteiger partial charge is 0.268 e. The van der Waals surface area contributed by atoms with E-state index in [0.29, 0.717) is 28.1 Å². The molecule has 0 saturated carbocycles. The number of nitrogens with zero attached hydrogens (tertiary/aromatic N) is 1. The molecule has 1 aromatic heterocycles. The Kier molecular flexibility index (Phi) is 5.68. The van der Waals surface area contributed by atoms with Gasteiger partial charge in [-0.3, -0.25) is 14.4 Å². The Balaban J connectivity index is 1.57. The molecule has 1 fully saturated rings. The van der Waals surface area contributed by atoms with Gasteiger partial charge in [-0.05, 0) is 42.0 Å². The van der Waals surface area contributed by atoms with Gasteiger partial charge in [0.1, 0.15) is 11.5 Å². The van der Waals surface area contributed by atoms with Crippen molar-refractivity contribution in [3.05, 3.63) is 94.5 Å². The van der Waals surface area contributed by atoms with Crippen LogP contribution < -0.4 is 10.6 Å². The molecule has 8 heteroatoms. The lowest BCUT2D eigenvalue weighted by molar-refractivity contribution is -0.131. The Morgan fingerprint density at radius 1 is 1.06 bits per heavy atom. The van der Waals surface area contributed by atoms with Crippen LogP contribution in [0.5, 0.6) is 0 Å². The van der Waals surface area contributed by atoms with Crippen LogP contribution in [0.4, 0.5) is 4.39 Å². The van der Waals surface area contributed by atoms with E-state index < -0.39 is 23.7 Å². The number of benzene rings is 2. The molecule has 0 spiro atoms. The Labute approximate surface area is 190 Å². The maximum Gasteiger partial charge on any atom is 0.268 e. The quantitative estimate of drug-likeness (QED) is 0.422. The predicted molar refractivity (Wildman–Crippen MR) is 121 cm³/mol. The number of nitrogens with one attached hydrogen (secondary N) is 3. The van der Waals surface area contributed by atoms with E-state index >= 15 is 0 Å². The third-order valence-corrected chi connectivity index (χ3v) is 5.27. The lowest BCUT2D eigenvalue weighted by Gasteiger charge is -2.27. The van der Waals surface area contributed by atoms with E-state index in [0.717, 1.165) is 0 Å². The molecule has 2 aromatic carbocycles. The van der Waals surface area contributed by atoms with Crippen molar-refractivity contribution < 1.29 is 18.8 Å². The summed E-state index contributed by atoms with van der Waals surface area (Å²) in [7, 11) is 0. The number of H-pyrrole nitrogens is 1. The van der Waals surface area contributed by atoms with Crippen molar-refractivity contribution in [2.45, 2.75) is 32.2 Å². The Bertz CT molecular complexity index is 1270. The minimum absolute atomic E-state index is 0.0689. The van der Waals surface area contributed by atoms with Crippen LogP contribution in [-0.2, 0) is 15.0 Å². The van der Waals surface area contributed by atoms with Gasteiger partial charge in [-0.25, -0.2) is 9.37 Å². The number of hydrogen-bond acceptors (Lipinski definition) is 4. The molecule has 4 rings (SSSR count). The van der Waals surface area contributed by atoms with Gasteiger partial charge in [0.05, 0.1) is 17.7 Å². The van der Waals surface area contributed by atoms with Crippen molar-refractivity contribution in [3.63, 3.8) is 0 Å². The molecule has 1 aliphatic heterocycles. The third kappa shape index (κ3) is 4.59.